The molecule has 2 rings (SSSR count). The van der Waals surface area contributed by atoms with Gasteiger partial charge in [-0.1, -0.05) is 0 Å². The van der Waals surface area contributed by atoms with Crippen molar-refractivity contribution < 1.29 is 14.0 Å². The van der Waals surface area contributed by atoms with Gasteiger partial charge in [-0.3, -0.25) is 9.59 Å². The fourth-order valence-corrected chi connectivity index (χ4v) is 3.71. The predicted molar refractivity (Wildman–Crippen MR) is 90.9 cm³/mol. The highest BCUT2D eigenvalue weighted by Crippen LogP contribution is 2.17. The van der Waals surface area contributed by atoms with Gasteiger partial charge in [0.05, 0.1) is 11.0 Å². The molecule has 22 heavy (non-hydrogen) atoms. The van der Waals surface area contributed by atoms with E-state index in [-0.39, 0.29) is 28.6 Å². The molecule has 1 N–H and O–H groups in total. The van der Waals surface area contributed by atoms with Gasteiger partial charge in [0.1, 0.15) is 5.82 Å². The second-order valence-corrected chi connectivity index (χ2v) is 7.50. The second-order valence-electron chi connectivity index (χ2n) is 4.95. The molecule has 1 aromatic carbocycles. The maximum Gasteiger partial charge on any atom is 0.235 e. The summed E-state index contributed by atoms with van der Waals surface area (Å²) in [7, 11) is 0. The lowest BCUT2D eigenvalue weighted by Gasteiger charge is -2.28. The Balaban J connectivity index is 1.75. The summed E-state index contributed by atoms with van der Waals surface area (Å²) in [5.41, 5.74) is 0.555. The van der Waals surface area contributed by atoms with Crippen molar-refractivity contribution in [3.63, 3.8) is 0 Å². The minimum Gasteiger partial charge on any atom is -0.340 e. The van der Waals surface area contributed by atoms with E-state index in [1.54, 1.807) is 0 Å². The Hall–Kier alpha value is -1.21. The molecule has 1 aliphatic heterocycles. The molecule has 0 radical (unpaired) electrons. The van der Waals surface area contributed by atoms with Crippen LogP contribution in [0.25, 0.3) is 0 Å². The zero-order valence-electron chi connectivity index (χ0n) is 12.4. The molecule has 0 spiro atoms. The van der Waals surface area contributed by atoms with Gasteiger partial charge in [0.15, 0.2) is 0 Å². The first-order chi connectivity index (χ1) is 10.6. The molecule has 0 saturated carbocycles. The largest absolute Gasteiger partial charge is 0.340 e. The van der Waals surface area contributed by atoms with Crippen molar-refractivity contribution in [3.05, 3.63) is 30.1 Å². The number of nitrogens with one attached hydrogen (secondary N) is 1. The number of rotatable bonds is 5. The number of carbonyl (C=O) groups is 2. The molecule has 1 saturated heterocycles. The van der Waals surface area contributed by atoms with Crippen LogP contribution in [0.2, 0.25) is 0 Å². The maximum absolute atomic E-state index is 12.8. The molecule has 1 atom stereocenters. The Morgan fingerprint density at radius 2 is 1.95 bits per heavy atom. The molecule has 120 valence electrons. The number of halogens is 1. The van der Waals surface area contributed by atoms with Gasteiger partial charge in [0.25, 0.3) is 0 Å². The monoisotopic (exact) mass is 342 g/mol. The van der Waals surface area contributed by atoms with Gasteiger partial charge < -0.3 is 10.2 Å². The summed E-state index contributed by atoms with van der Waals surface area (Å²) >= 11 is 3.18. The van der Waals surface area contributed by atoms with E-state index in [2.05, 4.69) is 5.32 Å². The van der Waals surface area contributed by atoms with E-state index in [0.717, 1.165) is 24.6 Å². The predicted octanol–water partition coefficient (Wildman–Crippen LogP) is 2.46. The normalized spacial score (nSPS) is 16.2. The number of hydrogen-bond acceptors (Lipinski definition) is 4. The third-order valence-corrected chi connectivity index (χ3v) is 5.34. The second kappa shape index (κ2) is 8.43. The quantitative estimate of drug-likeness (QED) is 0.893. The number of amides is 2. The number of benzene rings is 1. The lowest BCUT2D eigenvalue weighted by atomic mass is 10.3. The summed E-state index contributed by atoms with van der Waals surface area (Å²) in [5, 5.41) is 2.45. The molecule has 1 aliphatic rings. The minimum atomic E-state index is -0.341. The van der Waals surface area contributed by atoms with Crippen LogP contribution in [0.15, 0.2) is 24.3 Å². The molecule has 0 bridgehead atoms. The number of nitrogens with zero attached hydrogens (tertiary/aromatic N) is 1. The lowest BCUT2D eigenvalue weighted by Crippen LogP contribution is -2.42. The first-order valence-corrected chi connectivity index (χ1v) is 9.30. The molecule has 4 nitrogen and oxygen atoms in total. The maximum atomic E-state index is 12.8. The lowest BCUT2D eigenvalue weighted by molar-refractivity contribution is -0.129. The summed E-state index contributed by atoms with van der Waals surface area (Å²) in [4.78, 5) is 25.9. The Kier molecular flexibility index (Phi) is 6.57. The van der Waals surface area contributed by atoms with Crippen LogP contribution >= 0.6 is 23.5 Å². The Morgan fingerprint density at radius 3 is 2.59 bits per heavy atom. The first kappa shape index (κ1) is 17.1. The molecular formula is C15H19FN2O2S2. The number of carbonyl (C=O) groups excluding carboxylic acids is 2. The van der Waals surface area contributed by atoms with Crippen LogP contribution in [0.4, 0.5) is 10.1 Å². The molecule has 1 heterocycles. The van der Waals surface area contributed by atoms with Crippen molar-refractivity contribution in [3.8, 4) is 0 Å². The van der Waals surface area contributed by atoms with Crippen molar-refractivity contribution in [1.29, 1.82) is 0 Å². The third kappa shape index (κ3) is 5.21. The highest BCUT2D eigenvalue weighted by molar-refractivity contribution is 8.01. The summed E-state index contributed by atoms with van der Waals surface area (Å²) in [5.74, 6) is 1.73. The Morgan fingerprint density at radius 1 is 1.32 bits per heavy atom. The van der Waals surface area contributed by atoms with Crippen molar-refractivity contribution in [1.82, 2.24) is 4.90 Å². The Labute approximate surface area is 138 Å². The molecule has 0 aromatic heterocycles. The fraction of sp³-hybridized carbons (Fsp3) is 0.467. The van der Waals surface area contributed by atoms with Crippen molar-refractivity contribution in [2.75, 3.05) is 35.7 Å². The molecule has 0 aliphatic carbocycles. The third-order valence-electron chi connectivity index (χ3n) is 3.26. The van der Waals surface area contributed by atoms with Crippen LogP contribution in [0.1, 0.15) is 6.92 Å². The highest BCUT2D eigenvalue weighted by atomic mass is 32.2. The van der Waals surface area contributed by atoms with Crippen molar-refractivity contribution >= 4 is 41.0 Å². The zero-order valence-corrected chi connectivity index (χ0v) is 14.0. The summed E-state index contributed by atoms with van der Waals surface area (Å²) in [6, 6.07) is 5.61. The standard InChI is InChI=1S/C15H19FN2O2S2/c1-11(15(20)18-6-8-21-9-7-18)22-10-14(19)17-13-4-2-12(16)3-5-13/h2-5,11H,6-10H2,1H3,(H,17,19). The van der Waals surface area contributed by atoms with E-state index in [0.29, 0.717) is 5.69 Å². The van der Waals surface area contributed by atoms with Crippen molar-refractivity contribution in [2.45, 2.75) is 12.2 Å². The van der Waals surface area contributed by atoms with E-state index in [1.807, 2.05) is 23.6 Å². The van der Waals surface area contributed by atoms with Gasteiger partial charge in [-0.05, 0) is 31.2 Å². The average Bonchev–Trinajstić information content (AvgIpc) is 2.55. The minimum absolute atomic E-state index is 0.0971. The SMILES string of the molecule is CC(SCC(=O)Nc1ccc(F)cc1)C(=O)N1CCSCC1. The zero-order chi connectivity index (χ0) is 15.9. The van der Waals surface area contributed by atoms with E-state index in [4.69, 9.17) is 0 Å². The van der Waals surface area contributed by atoms with E-state index < -0.39 is 0 Å². The van der Waals surface area contributed by atoms with Crippen LogP contribution in [0.5, 0.6) is 0 Å². The molecular weight excluding hydrogens is 323 g/mol. The summed E-state index contributed by atoms with van der Waals surface area (Å²) < 4.78 is 12.8. The van der Waals surface area contributed by atoms with Gasteiger partial charge in [0.2, 0.25) is 11.8 Å². The van der Waals surface area contributed by atoms with Gasteiger partial charge in [0, 0.05) is 30.3 Å². The summed E-state index contributed by atoms with van der Waals surface area (Å²) in [6.45, 7) is 3.41. The topological polar surface area (TPSA) is 49.4 Å². The van der Waals surface area contributed by atoms with Crippen LogP contribution in [-0.4, -0.2) is 52.3 Å². The van der Waals surface area contributed by atoms with Crippen LogP contribution in [0, 0.1) is 5.82 Å². The summed E-state index contributed by atoms with van der Waals surface area (Å²) in [6.07, 6.45) is 0. The molecule has 1 fully saturated rings. The van der Waals surface area contributed by atoms with E-state index >= 15 is 0 Å². The van der Waals surface area contributed by atoms with E-state index in [1.165, 1.54) is 36.0 Å². The van der Waals surface area contributed by atoms with Crippen LogP contribution < -0.4 is 5.32 Å². The molecule has 1 unspecified atom stereocenters. The van der Waals surface area contributed by atoms with E-state index in [9.17, 15) is 14.0 Å². The van der Waals surface area contributed by atoms with Gasteiger partial charge in [-0.2, -0.15) is 11.8 Å². The van der Waals surface area contributed by atoms with Crippen LogP contribution in [0.3, 0.4) is 0 Å². The Bertz CT molecular complexity index is 519. The molecule has 1 aromatic rings. The number of hydrogen-bond donors (Lipinski definition) is 1. The van der Waals surface area contributed by atoms with Gasteiger partial charge in [-0.15, -0.1) is 11.8 Å². The fourth-order valence-electron chi connectivity index (χ4n) is 2.04. The van der Waals surface area contributed by atoms with Gasteiger partial charge >= 0.3 is 0 Å². The number of anilines is 1. The average molecular weight is 342 g/mol. The smallest absolute Gasteiger partial charge is 0.235 e. The highest BCUT2D eigenvalue weighted by Gasteiger charge is 2.23. The molecule has 7 heteroatoms. The molecule has 2 amide bonds. The van der Waals surface area contributed by atoms with Gasteiger partial charge in [-0.25, -0.2) is 4.39 Å². The van der Waals surface area contributed by atoms with Crippen molar-refractivity contribution in [2.24, 2.45) is 0 Å². The number of thioether (sulfide) groups is 2. The van der Waals surface area contributed by atoms with Crippen LogP contribution in [-0.2, 0) is 9.59 Å². The first-order valence-electron chi connectivity index (χ1n) is 7.10.